The van der Waals surface area contributed by atoms with Crippen LogP contribution in [0.3, 0.4) is 0 Å². The van der Waals surface area contributed by atoms with Crippen molar-refractivity contribution >= 4 is 11.9 Å². The summed E-state index contributed by atoms with van der Waals surface area (Å²) in [6.45, 7) is 3.26. The highest BCUT2D eigenvalue weighted by Crippen LogP contribution is 2.49. The first-order valence-corrected chi connectivity index (χ1v) is 8.42. The highest BCUT2D eigenvalue weighted by molar-refractivity contribution is 5.82. The minimum atomic E-state index is -0.730. The number of nitrogens with zero attached hydrogens (tertiary/aromatic N) is 1. The predicted molar refractivity (Wildman–Crippen MR) is 86.7 cm³/mol. The molecule has 1 saturated heterocycles. The Morgan fingerprint density at radius 1 is 1.42 bits per heavy atom. The van der Waals surface area contributed by atoms with Crippen molar-refractivity contribution in [2.24, 2.45) is 11.3 Å². The van der Waals surface area contributed by atoms with Crippen molar-refractivity contribution in [3.63, 3.8) is 0 Å². The molecule has 1 aromatic carbocycles. The zero-order valence-corrected chi connectivity index (χ0v) is 13.8. The number of nitrogens with one attached hydrogen (secondary N) is 1. The van der Waals surface area contributed by atoms with Crippen LogP contribution in [0.15, 0.2) is 24.3 Å². The molecule has 1 aromatic rings. The molecule has 1 aliphatic carbocycles. The molecule has 2 aliphatic rings. The number of likely N-dealkylation sites (tertiary alicyclic amines) is 1. The topological polar surface area (TPSA) is 69.6 Å². The van der Waals surface area contributed by atoms with Gasteiger partial charge in [-0.05, 0) is 43.4 Å². The van der Waals surface area contributed by atoms with E-state index in [1.165, 1.54) is 12.1 Å². The molecule has 5 nitrogen and oxygen atoms in total. The van der Waals surface area contributed by atoms with Gasteiger partial charge in [0.2, 0.25) is 5.91 Å². The Kier molecular flexibility index (Phi) is 4.58. The van der Waals surface area contributed by atoms with E-state index in [0.717, 1.165) is 18.4 Å². The quantitative estimate of drug-likeness (QED) is 0.864. The third-order valence-corrected chi connectivity index (χ3v) is 5.63. The van der Waals surface area contributed by atoms with E-state index in [1.54, 1.807) is 12.1 Å². The SMILES string of the molecule is CC(C(=O)NCc1ccc(F)cc1)N1C[C@@H]2CCC[C@@]2(C(=O)O)C1. The second-order valence-electron chi connectivity index (χ2n) is 7.00. The van der Waals surface area contributed by atoms with Gasteiger partial charge in [-0.3, -0.25) is 14.5 Å². The van der Waals surface area contributed by atoms with Gasteiger partial charge in [-0.2, -0.15) is 0 Å². The lowest BCUT2D eigenvalue weighted by Gasteiger charge is -2.26. The highest BCUT2D eigenvalue weighted by atomic mass is 19.1. The summed E-state index contributed by atoms with van der Waals surface area (Å²) in [5.74, 6) is -1.02. The highest BCUT2D eigenvalue weighted by Gasteiger charge is 2.55. The zero-order chi connectivity index (χ0) is 17.3. The molecule has 1 aliphatic heterocycles. The molecular weight excluding hydrogens is 311 g/mol. The van der Waals surface area contributed by atoms with E-state index in [9.17, 15) is 19.1 Å². The fourth-order valence-electron chi connectivity index (χ4n) is 4.08. The van der Waals surface area contributed by atoms with Crippen molar-refractivity contribution in [1.82, 2.24) is 10.2 Å². The number of aliphatic carboxylic acids is 1. The molecule has 0 aromatic heterocycles. The van der Waals surface area contributed by atoms with Crippen molar-refractivity contribution in [3.8, 4) is 0 Å². The number of hydrogen-bond donors (Lipinski definition) is 2. The van der Waals surface area contributed by atoms with E-state index in [1.807, 2.05) is 11.8 Å². The number of halogens is 1. The molecule has 0 bridgehead atoms. The average Bonchev–Trinajstić information content (AvgIpc) is 3.11. The number of carboxylic acids is 1. The minimum Gasteiger partial charge on any atom is -0.481 e. The second kappa shape index (κ2) is 6.51. The molecule has 1 heterocycles. The molecular formula is C18H23FN2O3. The number of carboxylic acid groups (broad SMARTS) is 1. The van der Waals surface area contributed by atoms with Crippen molar-refractivity contribution in [2.75, 3.05) is 13.1 Å². The van der Waals surface area contributed by atoms with Gasteiger partial charge in [0.05, 0.1) is 11.5 Å². The Bertz CT molecular complexity index is 634. The van der Waals surface area contributed by atoms with Gasteiger partial charge in [0.25, 0.3) is 0 Å². The number of hydrogen-bond acceptors (Lipinski definition) is 3. The molecule has 130 valence electrons. The average molecular weight is 334 g/mol. The molecule has 6 heteroatoms. The van der Waals surface area contributed by atoms with Crippen LogP contribution in [0.2, 0.25) is 0 Å². The van der Waals surface area contributed by atoms with Gasteiger partial charge in [-0.1, -0.05) is 18.6 Å². The zero-order valence-electron chi connectivity index (χ0n) is 13.8. The Hall–Kier alpha value is -1.95. The molecule has 2 N–H and O–H groups in total. The summed E-state index contributed by atoms with van der Waals surface area (Å²) in [6.07, 6.45) is 2.58. The van der Waals surface area contributed by atoms with Gasteiger partial charge in [-0.25, -0.2) is 4.39 Å². The van der Waals surface area contributed by atoms with Crippen molar-refractivity contribution in [1.29, 1.82) is 0 Å². The molecule has 1 amide bonds. The molecule has 0 spiro atoms. The number of carbonyl (C=O) groups is 2. The summed E-state index contributed by atoms with van der Waals surface area (Å²) in [4.78, 5) is 26.1. The van der Waals surface area contributed by atoms with Crippen LogP contribution in [0.5, 0.6) is 0 Å². The van der Waals surface area contributed by atoms with Gasteiger partial charge in [0.1, 0.15) is 5.82 Å². The summed E-state index contributed by atoms with van der Waals surface area (Å²) < 4.78 is 12.9. The largest absolute Gasteiger partial charge is 0.481 e. The standard InChI is InChI=1S/C18H23FN2O3/c1-12(16(22)20-9-13-4-6-15(19)7-5-13)21-10-14-3-2-8-18(14,11-21)17(23)24/h4-7,12,14H,2-3,8-11H2,1H3,(H,20,22)(H,23,24)/t12?,14-,18+/m0/s1. The summed E-state index contributed by atoms with van der Waals surface area (Å²) in [6, 6.07) is 5.64. The van der Waals surface area contributed by atoms with Gasteiger partial charge < -0.3 is 10.4 Å². The predicted octanol–water partition coefficient (Wildman–Crippen LogP) is 2.02. The summed E-state index contributed by atoms with van der Waals surface area (Å²) in [5, 5.41) is 12.5. The van der Waals surface area contributed by atoms with Gasteiger partial charge in [-0.15, -0.1) is 0 Å². The van der Waals surface area contributed by atoms with Gasteiger partial charge >= 0.3 is 5.97 Å². The molecule has 0 radical (unpaired) electrons. The van der Waals surface area contributed by atoms with Crippen LogP contribution in [0.25, 0.3) is 0 Å². The van der Waals surface area contributed by atoms with Crippen LogP contribution in [-0.4, -0.2) is 41.0 Å². The lowest BCUT2D eigenvalue weighted by Crippen LogP contribution is -2.45. The van der Waals surface area contributed by atoms with Crippen molar-refractivity contribution in [2.45, 2.75) is 38.8 Å². The van der Waals surface area contributed by atoms with Crippen LogP contribution in [0.4, 0.5) is 4.39 Å². The third-order valence-electron chi connectivity index (χ3n) is 5.63. The van der Waals surface area contributed by atoms with E-state index in [0.29, 0.717) is 26.1 Å². The monoisotopic (exact) mass is 334 g/mol. The first-order chi connectivity index (χ1) is 11.4. The first-order valence-electron chi connectivity index (χ1n) is 8.42. The first kappa shape index (κ1) is 16.9. The molecule has 24 heavy (non-hydrogen) atoms. The maximum Gasteiger partial charge on any atom is 0.311 e. The fourth-order valence-corrected chi connectivity index (χ4v) is 4.08. The molecule has 2 fully saturated rings. The number of carbonyl (C=O) groups excluding carboxylic acids is 1. The van der Waals surface area contributed by atoms with Crippen LogP contribution < -0.4 is 5.32 Å². The number of benzene rings is 1. The Balaban J connectivity index is 1.58. The van der Waals surface area contributed by atoms with Gasteiger partial charge in [0, 0.05) is 19.6 Å². The minimum absolute atomic E-state index is 0.125. The van der Waals surface area contributed by atoms with E-state index < -0.39 is 11.4 Å². The molecule has 1 unspecified atom stereocenters. The van der Waals surface area contributed by atoms with Crippen molar-refractivity contribution in [3.05, 3.63) is 35.6 Å². The number of fused-ring (bicyclic) bond motifs is 1. The fraction of sp³-hybridized carbons (Fsp3) is 0.556. The van der Waals surface area contributed by atoms with Crippen LogP contribution in [0.1, 0.15) is 31.7 Å². The lowest BCUT2D eigenvalue weighted by molar-refractivity contribution is -0.149. The Morgan fingerprint density at radius 2 is 2.12 bits per heavy atom. The summed E-state index contributed by atoms with van der Waals surface area (Å²) >= 11 is 0. The van der Waals surface area contributed by atoms with Crippen molar-refractivity contribution < 1.29 is 19.1 Å². The molecule has 1 saturated carbocycles. The van der Waals surface area contributed by atoms with E-state index in [4.69, 9.17) is 0 Å². The molecule has 3 rings (SSSR count). The van der Waals surface area contributed by atoms with E-state index >= 15 is 0 Å². The van der Waals surface area contributed by atoms with Crippen LogP contribution >= 0.6 is 0 Å². The normalized spacial score (nSPS) is 27.7. The number of rotatable bonds is 5. The number of amides is 1. The second-order valence-corrected chi connectivity index (χ2v) is 7.00. The van der Waals surface area contributed by atoms with Crippen LogP contribution in [-0.2, 0) is 16.1 Å². The smallest absolute Gasteiger partial charge is 0.311 e. The van der Waals surface area contributed by atoms with E-state index in [-0.39, 0.29) is 23.7 Å². The lowest BCUT2D eigenvalue weighted by atomic mass is 9.81. The Labute approximate surface area is 140 Å². The summed E-state index contributed by atoms with van der Waals surface area (Å²) in [5.41, 5.74) is 0.156. The maximum absolute atomic E-state index is 12.9. The van der Waals surface area contributed by atoms with Gasteiger partial charge in [0.15, 0.2) is 0 Å². The van der Waals surface area contributed by atoms with Crippen LogP contribution in [0, 0.1) is 17.2 Å². The summed E-state index contributed by atoms with van der Waals surface area (Å²) in [7, 11) is 0. The molecule has 3 atom stereocenters. The Morgan fingerprint density at radius 3 is 2.75 bits per heavy atom. The maximum atomic E-state index is 12.9. The third kappa shape index (κ3) is 3.02. The van der Waals surface area contributed by atoms with E-state index in [2.05, 4.69) is 5.32 Å².